The van der Waals surface area contributed by atoms with Gasteiger partial charge < -0.3 is 10.2 Å². The number of nitrogens with zero attached hydrogens (tertiary/aromatic N) is 2. The first-order chi connectivity index (χ1) is 6.74. The summed E-state index contributed by atoms with van der Waals surface area (Å²) in [6.45, 7) is 5.88. The van der Waals surface area contributed by atoms with Crippen LogP contribution >= 0.6 is 0 Å². The fraction of sp³-hybridized carbons (Fsp3) is 0.900. The Morgan fingerprint density at radius 1 is 1.57 bits per heavy atom. The maximum Gasteiger partial charge on any atom is 0.240 e. The van der Waals surface area contributed by atoms with Gasteiger partial charge in [-0.25, -0.2) is 0 Å². The van der Waals surface area contributed by atoms with Gasteiger partial charge in [0.1, 0.15) is 0 Å². The Morgan fingerprint density at radius 3 is 3.07 bits per heavy atom. The van der Waals surface area contributed by atoms with Gasteiger partial charge in [-0.15, -0.1) is 0 Å². The van der Waals surface area contributed by atoms with Gasteiger partial charge in [0.15, 0.2) is 0 Å². The minimum Gasteiger partial charge on any atom is -0.335 e. The molecule has 0 saturated carbocycles. The number of fused-ring (bicyclic) bond motifs is 1. The summed E-state index contributed by atoms with van der Waals surface area (Å²) in [6, 6.07) is 0.508. The molecule has 0 bridgehead atoms. The molecule has 0 aromatic heterocycles. The van der Waals surface area contributed by atoms with Gasteiger partial charge in [0.2, 0.25) is 5.91 Å². The highest BCUT2D eigenvalue weighted by Gasteiger charge is 2.38. The fourth-order valence-electron chi connectivity index (χ4n) is 2.54. The van der Waals surface area contributed by atoms with Crippen molar-refractivity contribution >= 4 is 5.91 Å². The van der Waals surface area contributed by atoms with Crippen LogP contribution in [0.1, 0.15) is 13.3 Å². The molecular formula is C10H19N3O. The molecule has 0 aromatic carbocycles. The van der Waals surface area contributed by atoms with Crippen LogP contribution in [-0.4, -0.2) is 61.0 Å². The lowest BCUT2D eigenvalue weighted by Crippen LogP contribution is -2.66. The Labute approximate surface area is 85.2 Å². The van der Waals surface area contributed by atoms with Crippen molar-refractivity contribution < 1.29 is 4.79 Å². The third-order valence-electron chi connectivity index (χ3n) is 3.34. The summed E-state index contributed by atoms with van der Waals surface area (Å²) >= 11 is 0. The molecular weight excluding hydrogens is 178 g/mol. The predicted octanol–water partition coefficient (Wildman–Crippen LogP) is -0.489. The summed E-state index contributed by atoms with van der Waals surface area (Å²) in [7, 11) is 2.05. The van der Waals surface area contributed by atoms with Gasteiger partial charge in [-0.05, 0) is 13.5 Å². The zero-order valence-corrected chi connectivity index (χ0v) is 8.99. The van der Waals surface area contributed by atoms with Crippen molar-refractivity contribution in [2.75, 3.05) is 33.2 Å². The summed E-state index contributed by atoms with van der Waals surface area (Å²) in [5, 5.41) is 3.34. The molecule has 4 nitrogen and oxygen atoms in total. The Bertz CT molecular complexity index is 231. The molecule has 0 spiro atoms. The lowest BCUT2D eigenvalue weighted by atomic mass is 10.0. The largest absolute Gasteiger partial charge is 0.335 e. The van der Waals surface area contributed by atoms with Crippen molar-refractivity contribution in [1.29, 1.82) is 0 Å². The molecule has 0 aromatic rings. The molecule has 2 atom stereocenters. The van der Waals surface area contributed by atoms with Gasteiger partial charge >= 0.3 is 0 Å². The number of amides is 1. The Hall–Kier alpha value is -0.610. The van der Waals surface area contributed by atoms with Crippen LogP contribution < -0.4 is 5.32 Å². The summed E-state index contributed by atoms with van der Waals surface area (Å²) in [5.41, 5.74) is 0. The van der Waals surface area contributed by atoms with E-state index in [2.05, 4.69) is 29.1 Å². The van der Waals surface area contributed by atoms with Gasteiger partial charge in [-0.1, -0.05) is 6.92 Å². The molecule has 1 N–H and O–H groups in total. The van der Waals surface area contributed by atoms with Crippen molar-refractivity contribution in [3.63, 3.8) is 0 Å². The SMILES string of the molecule is CCC1C(=O)N2CCNCC2CN1C. The van der Waals surface area contributed by atoms with Crippen molar-refractivity contribution in [1.82, 2.24) is 15.1 Å². The Morgan fingerprint density at radius 2 is 2.36 bits per heavy atom. The zero-order valence-electron chi connectivity index (χ0n) is 8.99. The molecule has 4 heteroatoms. The van der Waals surface area contributed by atoms with Crippen LogP contribution in [0.15, 0.2) is 0 Å². The maximum absolute atomic E-state index is 12.1. The van der Waals surface area contributed by atoms with E-state index in [-0.39, 0.29) is 6.04 Å². The highest BCUT2D eigenvalue weighted by Crippen LogP contribution is 2.18. The van der Waals surface area contributed by atoms with Gasteiger partial charge in [0.05, 0.1) is 12.1 Å². The summed E-state index contributed by atoms with van der Waals surface area (Å²) < 4.78 is 0. The van der Waals surface area contributed by atoms with Gasteiger partial charge in [-0.2, -0.15) is 0 Å². The smallest absolute Gasteiger partial charge is 0.240 e. The average Bonchev–Trinajstić information content (AvgIpc) is 2.18. The quantitative estimate of drug-likeness (QED) is 0.616. The van der Waals surface area contributed by atoms with Crippen LogP contribution in [-0.2, 0) is 4.79 Å². The molecule has 0 radical (unpaired) electrons. The zero-order chi connectivity index (χ0) is 10.1. The first-order valence-corrected chi connectivity index (χ1v) is 5.45. The molecule has 2 fully saturated rings. The molecule has 2 unspecified atom stereocenters. The first-order valence-electron chi connectivity index (χ1n) is 5.45. The van der Waals surface area contributed by atoms with Crippen molar-refractivity contribution in [2.24, 2.45) is 0 Å². The van der Waals surface area contributed by atoms with Crippen LogP contribution in [0.25, 0.3) is 0 Å². The van der Waals surface area contributed by atoms with Crippen LogP contribution in [0.2, 0.25) is 0 Å². The predicted molar refractivity (Wildman–Crippen MR) is 55.1 cm³/mol. The summed E-state index contributed by atoms with van der Waals surface area (Å²) in [4.78, 5) is 16.3. The lowest BCUT2D eigenvalue weighted by molar-refractivity contribution is -0.146. The van der Waals surface area contributed by atoms with E-state index < -0.39 is 0 Å². The second-order valence-electron chi connectivity index (χ2n) is 4.25. The second kappa shape index (κ2) is 3.87. The van der Waals surface area contributed by atoms with E-state index in [1.54, 1.807) is 0 Å². The van der Waals surface area contributed by atoms with Gasteiger partial charge in [-0.3, -0.25) is 9.69 Å². The van der Waals surface area contributed by atoms with Crippen LogP contribution in [0, 0.1) is 0 Å². The standard InChI is InChI=1S/C10H19N3O/c1-3-9-10(14)13-5-4-11-6-8(13)7-12(9)2/h8-9,11H,3-7H2,1-2H3. The lowest BCUT2D eigenvalue weighted by Gasteiger charge is -2.46. The monoisotopic (exact) mass is 197 g/mol. The van der Waals surface area contributed by atoms with E-state index in [0.717, 1.165) is 32.6 Å². The summed E-state index contributed by atoms with van der Waals surface area (Å²) in [6.07, 6.45) is 0.923. The maximum atomic E-state index is 12.1. The Balaban J connectivity index is 2.12. The third-order valence-corrected chi connectivity index (χ3v) is 3.34. The van der Waals surface area contributed by atoms with Crippen molar-refractivity contribution in [2.45, 2.75) is 25.4 Å². The molecule has 0 aliphatic carbocycles. The summed E-state index contributed by atoms with van der Waals surface area (Å²) in [5.74, 6) is 0.327. The highest BCUT2D eigenvalue weighted by atomic mass is 16.2. The fourth-order valence-corrected chi connectivity index (χ4v) is 2.54. The van der Waals surface area contributed by atoms with Crippen molar-refractivity contribution in [3.8, 4) is 0 Å². The van der Waals surface area contributed by atoms with Gasteiger partial charge in [0, 0.05) is 26.2 Å². The number of nitrogens with one attached hydrogen (secondary N) is 1. The molecule has 80 valence electrons. The topological polar surface area (TPSA) is 35.6 Å². The van der Waals surface area contributed by atoms with E-state index in [0.29, 0.717) is 11.9 Å². The molecule has 2 aliphatic heterocycles. The number of carbonyl (C=O) groups is 1. The van der Waals surface area contributed by atoms with Gasteiger partial charge in [0.25, 0.3) is 0 Å². The van der Waals surface area contributed by atoms with E-state index in [1.165, 1.54) is 0 Å². The van der Waals surface area contributed by atoms with Crippen LogP contribution in [0.3, 0.4) is 0 Å². The van der Waals surface area contributed by atoms with Crippen molar-refractivity contribution in [3.05, 3.63) is 0 Å². The van der Waals surface area contributed by atoms with Crippen LogP contribution in [0.4, 0.5) is 0 Å². The first kappa shape index (κ1) is 9.93. The Kier molecular flexibility index (Phi) is 2.74. The number of likely N-dealkylation sites (N-methyl/N-ethyl adjacent to an activating group) is 1. The molecule has 2 heterocycles. The molecule has 2 saturated heterocycles. The number of piperazine rings is 2. The number of hydrogen-bond acceptors (Lipinski definition) is 3. The van der Waals surface area contributed by atoms with E-state index in [9.17, 15) is 4.79 Å². The number of carbonyl (C=O) groups excluding carboxylic acids is 1. The van der Waals surface area contributed by atoms with E-state index in [1.807, 2.05) is 0 Å². The normalized spacial score (nSPS) is 34.4. The molecule has 2 rings (SSSR count). The minimum absolute atomic E-state index is 0.115. The van der Waals surface area contributed by atoms with E-state index >= 15 is 0 Å². The highest BCUT2D eigenvalue weighted by molar-refractivity contribution is 5.83. The van der Waals surface area contributed by atoms with Crippen LogP contribution in [0.5, 0.6) is 0 Å². The molecule has 2 aliphatic rings. The minimum atomic E-state index is 0.115. The average molecular weight is 197 g/mol. The number of rotatable bonds is 1. The molecule has 14 heavy (non-hydrogen) atoms. The van der Waals surface area contributed by atoms with E-state index in [4.69, 9.17) is 0 Å². The molecule has 1 amide bonds. The second-order valence-corrected chi connectivity index (χ2v) is 4.25. The number of hydrogen-bond donors (Lipinski definition) is 1. The third kappa shape index (κ3) is 1.53.